The average Bonchev–Trinajstić information content (AvgIpc) is 2.88. The third-order valence-corrected chi connectivity index (χ3v) is 3.27. The molecule has 0 aromatic carbocycles. The van der Waals surface area contributed by atoms with E-state index < -0.39 is 4.92 Å². The van der Waals surface area contributed by atoms with E-state index in [0.717, 1.165) is 25.9 Å². The third-order valence-electron chi connectivity index (χ3n) is 3.27. The number of piperidine rings is 1. The molecule has 0 aliphatic carbocycles. The molecule has 1 aliphatic heterocycles. The van der Waals surface area contributed by atoms with E-state index in [4.69, 9.17) is 0 Å². The predicted octanol–water partition coefficient (Wildman–Crippen LogP) is 0.747. The van der Waals surface area contributed by atoms with Gasteiger partial charge in [-0.2, -0.15) is 0 Å². The van der Waals surface area contributed by atoms with Crippen molar-refractivity contribution in [2.24, 2.45) is 0 Å². The minimum absolute atomic E-state index is 0.155. The lowest BCUT2D eigenvalue weighted by molar-refractivity contribution is -0.389. The van der Waals surface area contributed by atoms with Crippen LogP contribution >= 0.6 is 0 Å². The number of carbonyl (C=O) groups excluding carboxylic acids is 1. The van der Waals surface area contributed by atoms with Gasteiger partial charge < -0.3 is 20.3 Å². The lowest BCUT2D eigenvalue weighted by atomic mass is 10.1. The molecule has 0 unspecified atom stereocenters. The van der Waals surface area contributed by atoms with Gasteiger partial charge >= 0.3 is 5.82 Å². The quantitative estimate of drug-likeness (QED) is 0.613. The van der Waals surface area contributed by atoms with Crippen LogP contribution in [-0.4, -0.2) is 46.9 Å². The van der Waals surface area contributed by atoms with Gasteiger partial charge in [0.15, 0.2) is 5.69 Å². The molecule has 7 heteroatoms. The van der Waals surface area contributed by atoms with Gasteiger partial charge in [0.05, 0.1) is 0 Å². The number of amides is 1. The molecular weight excluding hydrogens is 236 g/mol. The number of aromatic nitrogens is 1. The molecule has 1 aromatic rings. The van der Waals surface area contributed by atoms with Crippen molar-refractivity contribution in [3.63, 3.8) is 0 Å². The molecule has 98 valence electrons. The van der Waals surface area contributed by atoms with Crippen molar-refractivity contribution < 1.29 is 9.72 Å². The molecule has 0 radical (unpaired) electrons. The molecular formula is C11H16N4O3. The third kappa shape index (κ3) is 2.51. The van der Waals surface area contributed by atoms with E-state index in [1.165, 1.54) is 12.1 Å². The molecule has 1 amide bonds. The van der Waals surface area contributed by atoms with Gasteiger partial charge in [-0.15, -0.1) is 0 Å². The van der Waals surface area contributed by atoms with Gasteiger partial charge in [0, 0.05) is 19.2 Å². The molecule has 1 saturated heterocycles. The Morgan fingerprint density at radius 3 is 2.67 bits per heavy atom. The highest BCUT2D eigenvalue weighted by molar-refractivity contribution is 5.92. The highest BCUT2D eigenvalue weighted by Gasteiger charge is 2.25. The molecule has 2 N–H and O–H groups in total. The zero-order chi connectivity index (χ0) is 13.1. The minimum Gasteiger partial charge on any atom is -0.358 e. The summed E-state index contributed by atoms with van der Waals surface area (Å²) in [7, 11) is 1.74. The Hall–Kier alpha value is -1.89. The number of carbonyl (C=O) groups is 1. The van der Waals surface area contributed by atoms with E-state index in [-0.39, 0.29) is 23.5 Å². The first kappa shape index (κ1) is 12.6. The van der Waals surface area contributed by atoms with Crippen molar-refractivity contribution in [2.45, 2.75) is 18.9 Å². The minimum atomic E-state index is -0.540. The normalized spacial score (nSPS) is 16.5. The van der Waals surface area contributed by atoms with Crippen LogP contribution in [0.5, 0.6) is 0 Å². The van der Waals surface area contributed by atoms with Crippen molar-refractivity contribution in [1.82, 2.24) is 15.2 Å². The molecule has 18 heavy (non-hydrogen) atoms. The first-order chi connectivity index (χ1) is 8.59. The topological polar surface area (TPSA) is 91.3 Å². The standard InChI is InChI=1S/C11H16N4O3/c1-14(8-4-6-12-7-5-8)11(16)9-2-3-10(13-9)15(17)18/h2-3,8,12-13H,4-7H2,1H3. The van der Waals surface area contributed by atoms with E-state index >= 15 is 0 Å². The van der Waals surface area contributed by atoms with Crippen LogP contribution in [0.25, 0.3) is 0 Å². The molecule has 0 atom stereocenters. The number of nitrogens with one attached hydrogen (secondary N) is 2. The van der Waals surface area contributed by atoms with Gasteiger partial charge in [-0.3, -0.25) is 4.79 Å². The highest BCUT2D eigenvalue weighted by Crippen LogP contribution is 2.16. The molecule has 1 aromatic heterocycles. The number of hydrogen-bond acceptors (Lipinski definition) is 4. The summed E-state index contributed by atoms with van der Waals surface area (Å²) >= 11 is 0. The lowest BCUT2D eigenvalue weighted by Crippen LogP contribution is -2.44. The predicted molar refractivity (Wildman–Crippen MR) is 65.4 cm³/mol. The maximum Gasteiger partial charge on any atom is 0.321 e. The summed E-state index contributed by atoms with van der Waals surface area (Å²) in [6, 6.07) is 2.96. The maximum absolute atomic E-state index is 12.1. The van der Waals surface area contributed by atoms with Gasteiger partial charge in [0.25, 0.3) is 5.91 Å². The van der Waals surface area contributed by atoms with Crippen LogP contribution in [0.15, 0.2) is 12.1 Å². The Morgan fingerprint density at radius 2 is 2.11 bits per heavy atom. The van der Waals surface area contributed by atoms with Crippen LogP contribution in [0, 0.1) is 10.1 Å². The second kappa shape index (κ2) is 5.18. The second-order valence-electron chi connectivity index (χ2n) is 4.41. The Bertz CT molecular complexity index is 451. The second-order valence-corrected chi connectivity index (χ2v) is 4.41. The number of nitrogens with zero attached hydrogens (tertiary/aromatic N) is 2. The number of nitro groups is 1. The first-order valence-electron chi connectivity index (χ1n) is 5.91. The van der Waals surface area contributed by atoms with Gasteiger partial charge in [0.2, 0.25) is 0 Å². The summed E-state index contributed by atoms with van der Waals surface area (Å²) in [5, 5.41) is 13.8. The monoisotopic (exact) mass is 252 g/mol. The Balaban J connectivity index is 2.07. The van der Waals surface area contributed by atoms with E-state index in [1.807, 2.05) is 0 Å². The summed E-state index contributed by atoms with van der Waals surface area (Å²) in [6.45, 7) is 1.79. The van der Waals surface area contributed by atoms with E-state index in [9.17, 15) is 14.9 Å². The zero-order valence-electron chi connectivity index (χ0n) is 10.2. The fourth-order valence-corrected chi connectivity index (χ4v) is 2.16. The lowest BCUT2D eigenvalue weighted by Gasteiger charge is -2.30. The SMILES string of the molecule is CN(C(=O)c1ccc([N+](=O)[O-])[nH]1)C1CCNCC1. The van der Waals surface area contributed by atoms with Gasteiger partial charge in [-0.05, 0) is 36.9 Å². The number of hydrogen-bond donors (Lipinski definition) is 2. The van der Waals surface area contributed by atoms with Crippen molar-refractivity contribution in [1.29, 1.82) is 0 Å². The van der Waals surface area contributed by atoms with E-state index in [2.05, 4.69) is 10.3 Å². The van der Waals surface area contributed by atoms with E-state index in [0.29, 0.717) is 0 Å². The Kier molecular flexibility index (Phi) is 3.61. The molecule has 0 saturated carbocycles. The summed E-state index contributed by atoms with van der Waals surface area (Å²) < 4.78 is 0. The molecule has 1 fully saturated rings. The van der Waals surface area contributed by atoms with Gasteiger partial charge in [0.1, 0.15) is 0 Å². The van der Waals surface area contributed by atoms with Crippen LogP contribution in [0.1, 0.15) is 23.3 Å². The van der Waals surface area contributed by atoms with Crippen LogP contribution in [0.2, 0.25) is 0 Å². The van der Waals surface area contributed by atoms with E-state index in [1.54, 1.807) is 11.9 Å². The Labute approximate surface area is 104 Å². The molecule has 2 rings (SSSR count). The summed E-state index contributed by atoms with van der Waals surface area (Å²) in [6.07, 6.45) is 1.82. The number of rotatable bonds is 3. The maximum atomic E-state index is 12.1. The van der Waals surface area contributed by atoms with Gasteiger partial charge in [-0.25, -0.2) is 4.98 Å². The van der Waals surface area contributed by atoms with Crippen molar-refractivity contribution in [3.05, 3.63) is 27.9 Å². The molecule has 2 heterocycles. The average molecular weight is 252 g/mol. The van der Waals surface area contributed by atoms with Crippen LogP contribution in [0.3, 0.4) is 0 Å². The van der Waals surface area contributed by atoms with Crippen molar-refractivity contribution in [2.75, 3.05) is 20.1 Å². The largest absolute Gasteiger partial charge is 0.358 e. The highest BCUT2D eigenvalue weighted by atomic mass is 16.6. The zero-order valence-corrected chi connectivity index (χ0v) is 10.2. The fourth-order valence-electron chi connectivity index (χ4n) is 2.16. The number of H-pyrrole nitrogens is 1. The van der Waals surface area contributed by atoms with Gasteiger partial charge in [-0.1, -0.05) is 0 Å². The van der Waals surface area contributed by atoms with Crippen molar-refractivity contribution >= 4 is 11.7 Å². The molecule has 7 nitrogen and oxygen atoms in total. The summed E-state index contributed by atoms with van der Waals surface area (Å²) in [5.41, 5.74) is 0.266. The Morgan fingerprint density at radius 1 is 1.44 bits per heavy atom. The first-order valence-corrected chi connectivity index (χ1v) is 5.91. The molecule has 0 bridgehead atoms. The smallest absolute Gasteiger partial charge is 0.321 e. The van der Waals surface area contributed by atoms with Crippen LogP contribution < -0.4 is 5.32 Å². The van der Waals surface area contributed by atoms with Crippen LogP contribution in [-0.2, 0) is 0 Å². The van der Waals surface area contributed by atoms with Crippen LogP contribution in [0.4, 0.5) is 5.82 Å². The fraction of sp³-hybridized carbons (Fsp3) is 0.545. The number of aromatic amines is 1. The summed E-state index contributed by atoms with van der Waals surface area (Å²) in [4.78, 5) is 26.3. The molecule has 1 aliphatic rings. The van der Waals surface area contributed by atoms with Crippen molar-refractivity contribution in [3.8, 4) is 0 Å². The molecule has 0 spiro atoms. The summed E-state index contributed by atoms with van der Waals surface area (Å²) in [5.74, 6) is -0.355.